The van der Waals surface area contributed by atoms with Crippen LogP contribution in [-0.4, -0.2) is 51.9 Å². The number of carbonyl (C=O) groups excluding carboxylic acids is 2. The molecular formula is C22H33N3O2. The van der Waals surface area contributed by atoms with Gasteiger partial charge in [-0.1, -0.05) is 12.8 Å². The summed E-state index contributed by atoms with van der Waals surface area (Å²) in [5.41, 5.74) is 2.66. The maximum Gasteiger partial charge on any atom is 0.255 e. The predicted molar refractivity (Wildman–Crippen MR) is 106 cm³/mol. The molecule has 1 aromatic rings. The first kappa shape index (κ1) is 18.6. The van der Waals surface area contributed by atoms with E-state index in [4.69, 9.17) is 0 Å². The first-order chi connectivity index (χ1) is 13.0. The van der Waals surface area contributed by atoms with Gasteiger partial charge in [0.2, 0.25) is 5.91 Å². The Bertz CT molecular complexity index is 747. The third-order valence-electron chi connectivity index (χ3n) is 7.30. The van der Waals surface area contributed by atoms with Crippen molar-refractivity contribution in [1.29, 1.82) is 0 Å². The molecule has 3 aliphatic rings. The molecule has 148 valence electrons. The molecule has 0 aromatic carbocycles. The molecule has 3 heterocycles. The molecule has 0 radical (unpaired) electrons. The number of piperidine rings is 1. The van der Waals surface area contributed by atoms with Crippen molar-refractivity contribution in [2.45, 2.75) is 78.3 Å². The highest BCUT2D eigenvalue weighted by Gasteiger charge is 2.50. The molecule has 2 amide bonds. The van der Waals surface area contributed by atoms with E-state index in [1.807, 2.05) is 17.9 Å². The lowest BCUT2D eigenvalue weighted by Gasteiger charge is -2.42. The first-order valence-corrected chi connectivity index (χ1v) is 10.7. The second-order valence-electron chi connectivity index (χ2n) is 8.83. The van der Waals surface area contributed by atoms with Crippen LogP contribution in [0.4, 0.5) is 0 Å². The minimum Gasteiger partial charge on any atom is -0.349 e. The Morgan fingerprint density at radius 3 is 2.56 bits per heavy atom. The average molecular weight is 372 g/mol. The van der Waals surface area contributed by atoms with Crippen LogP contribution in [0.25, 0.3) is 0 Å². The Hall–Kier alpha value is -1.78. The molecule has 4 rings (SSSR count). The van der Waals surface area contributed by atoms with Gasteiger partial charge >= 0.3 is 0 Å². The fraction of sp³-hybridized carbons (Fsp3) is 0.727. The average Bonchev–Trinajstić information content (AvgIpc) is 3.38. The molecule has 0 N–H and O–H groups in total. The van der Waals surface area contributed by atoms with E-state index >= 15 is 0 Å². The number of rotatable bonds is 3. The van der Waals surface area contributed by atoms with Gasteiger partial charge in [0.15, 0.2) is 0 Å². The third-order valence-corrected chi connectivity index (χ3v) is 7.30. The van der Waals surface area contributed by atoms with Crippen molar-refractivity contribution < 1.29 is 9.59 Å². The van der Waals surface area contributed by atoms with Gasteiger partial charge in [0, 0.05) is 43.6 Å². The normalized spacial score (nSPS) is 26.6. The number of hydrogen-bond acceptors (Lipinski definition) is 2. The molecule has 3 fully saturated rings. The van der Waals surface area contributed by atoms with Crippen molar-refractivity contribution in [1.82, 2.24) is 14.4 Å². The topological polar surface area (TPSA) is 45.6 Å². The summed E-state index contributed by atoms with van der Waals surface area (Å²) in [5, 5.41) is 0. The molecule has 1 aromatic heterocycles. The van der Waals surface area contributed by atoms with Gasteiger partial charge in [-0.05, 0) is 58.9 Å². The van der Waals surface area contributed by atoms with Gasteiger partial charge in [0.05, 0.1) is 11.0 Å². The van der Waals surface area contributed by atoms with E-state index in [1.165, 1.54) is 12.8 Å². The van der Waals surface area contributed by atoms with E-state index in [-0.39, 0.29) is 11.3 Å². The van der Waals surface area contributed by atoms with Crippen molar-refractivity contribution >= 4 is 11.8 Å². The molecule has 5 nitrogen and oxygen atoms in total. The van der Waals surface area contributed by atoms with Crippen LogP contribution < -0.4 is 0 Å². The summed E-state index contributed by atoms with van der Waals surface area (Å²) in [7, 11) is 0. The number of carbonyl (C=O) groups is 2. The van der Waals surface area contributed by atoms with Crippen molar-refractivity contribution in [3.05, 3.63) is 23.0 Å². The van der Waals surface area contributed by atoms with Crippen molar-refractivity contribution in [2.24, 2.45) is 5.41 Å². The summed E-state index contributed by atoms with van der Waals surface area (Å²) < 4.78 is 2.19. The van der Waals surface area contributed by atoms with Crippen molar-refractivity contribution in [3.8, 4) is 0 Å². The summed E-state index contributed by atoms with van der Waals surface area (Å²) in [6.45, 7) is 9.30. The summed E-state index contributed by atoms with van der Waals surface area (Å²) in [6.07, 6.45) is 7.66. The zero-order valence-corrected chi connectivity index (χ0v) is 17.1. The molecule has 1 spiro atoms. The maximum atomic E-state index is 13.4. The largest absolute Gasteiger partial charge is 0.349 e. The zero-order chi connectivity index (χ0) is 19.2. The lowest BCUT2D eigenvalue weighted by atomic mass is 9.77. The zero-order valence-electron chi connectivity index (χ0n) is 17.1. The van der Waals surface area contributed by atoms with Gasteiger partial charge < -0.3 is 14.4 Å². The standard InChI is InChI=1S/C22H33N3O2/c1-4-24-16(2)14-19(17(24)3)20(26)23-13-11-22(15-23)10-7-12-25(21(22)27)18-8-5-6-9-18/h14,18H,4-13,15H2,1-3H3/t22-/m0/s1. The van der Waals surface area contributed by atoms with Crippen LogP contribution >= 0.6 is 0 Å². The van der Waals surface area contributed by atoms with E-state index in [0.717, 1.165) is 62.1 Å². The van der Waals surface area contributed by atoms with Gasteiger partial charge in [-0.15, -0.1) is 0 Å². The van der Waals surface area contributed by atoms with Crippen LogP contribution in [0.5, 0.6) is 0 Å². The molecule has 1 aliphatic carbocycles. The second-order valence-corrected chi connectivity index (χ2v) is 8.83. The van der Waals surface area contributed by atoms with Crippen LogP contribution in [0.15, 0.2) is 6.07 Å². The van der Waals surface area contributed by atoms with Crippen LogP contribution in [0.3, 0.4) is 0 Å². The quantitative estimate of drug-likeness (QED) is 0.816. The fourth-order valence-electron chi connectivity index (χ4n) is 5.76. The summed E-state index contributed by atoms with van der Waals surface area (Å²) in [5.74, 6) is 0.431. The predicted octanol–water partition coefficient (Wildman–Crippen LogP) is 3.52. The number of amides is 2. The van der Waals surface area contributed by atoms with Crippen molar-refractivity contribution in [2.75, 3.05) is 19.6 Å². The number of nitrogens with zero attached hydrogens (tertiary/aromatic N) is 3. The minimum absolute atomic E-state index is 0.102. The van der Waals surface area contributed by atoms with Crippen LogP contribution in [0.2, 0.25) is 0 Å². The van der Waals surface area contributed by atoms with Gasteiger partial charge in [0.1, 0.15) is 0 Å². The maximum absolute atomic E-state index is 13.4. The SMILES string of the molecule is CCn1c(C)cc(C(=O)N2CC[C@@]3(CCCN(C4CCCC4)C3=O)C2)c1C. The highest BCUT2D eigenvalue weighted by molar-refractivity contribution is 5.97. The molecular weight excluding hydrogens is 338 g/mol. The van der Waals surface area contributed by atoms with Crippen LogP contribution in [0.1, 0.15) is 73.6 Å². The van der Waals surface area contributed by atoms with Crippen LogP contribution in [0, 0.1) is 19.3 Å². The Morgan fingerprint density at radius 1 is 1.15 bits per heavy atom. The lowest BCUT2D eigenvalue weighted by Crippen LogP contribution is -2.53. The Kier molecular flexibility index (Phi) is 4.81. The van der Waals surface area contributed by atoms with E-state index in [2.05, 4.69) is 23.3 Å². The monoisotopic (exact) mass is 371 g/mol. The van der Waals surface area contributed by atoms with E-state index < -0.39 is 0 Å². The molecule has 5 heteroatoms. The molecule has 1 saturated carbocycles. The minimum atomic E-state index is -0.327. The Labute approximate surface area is 162 Å². The summed E-state index contributed by atoms with van der Waals surface area (Å²) in [6, 6.07) is 2.46. The Balaban J connectivity index is 1.52. The molecule has 0 bridgehead atoms. The third kappa shape index (κ3) is 2.99. The summed E-state index contributed by atoms with van der Waals surface area (Å²) in [4.78, 5) is 30.7. The van der Waals surface area contributed by atoms with Gasteiger partial charge in [-0.2, -0.15) is 0 Å². The highest BCUT2D eigenvalue weighted by Crippen LogP contribution is 2.42. The lowest BCUT2D eigenvalue weighted by molar-refractivity contribution is -0.148. The fourth-order valence-corrected chi connectivity index (χ4v) is 5.76. The van der Waals surface area contributed by atoms with Gasteiger partial charge in [-0.25, -0.2) is 0 Å². The van der Waals surface area contributed by atoms with Crippen molar-refractivity contribution in [3.63, 3.8) is 0 Å². The molecule has 1 atom stereocenters. The van der Waals surface area contributed by atoms with E-state index in [9.17, 15) is 9.59 Å². The summed E-state index contributed by atoms with van der Waals surface area (Å²) >= 11 is 0. The van der Waals surface area contributed by atoms with Crippen LogP contribution in [-0.2, 0) is 11.3 Å². The molecule has 0 unspecified atom stereocenters. The van der Waals surface area contributed by atoms with E-state index in [1.54, 1.807) is 0 Å². The smallest absolute Gasteiger partial charge is 0.255 e. The molecule has 27 heavy (non-hydrogen) atoms. The first-order valence-electron chi connectivity index (χ1n) is 10.7. The highest BCUT2D eigenvalue weighted by atomic mass is 16.2. The molecule has 2 saturated heterocycles. The number of aryl methyl sites for hydroxylation is 1. The number of aromatic nitrogens is 1. The van der Waals surface area contributed by atoms with Gasteiger partial charge in [0.25, 0.3) is 5.91 Å². The van der Waals surface area contributed by atoms with Gasteiger partial charge in [-0.3, -0.25) is 9.59 Å². The molecule has 2 aliphatic heterocycles. The number of hydrogen-bond donors (Lipinski definition) is 0. The Morgan fingerprint density at radius 2 is 1.89 bits per heavy atom. The second kappa shape index (κ2) is 6.99. The van der Waals surface area contributed by atoms with E-state index in [0.29, 0.717) is 25.0 Å². The number of likely N-dealkylation sites (tertiary alicyclic amines) is 2.